The average molecular weight is 328 g/mol. The van der Waals surface area contributed by atoms with Crippen molar-refractivity contribution in [1.29, 1.82) is 0 Å². The molecule has 1 aliphatic rings. The minimum Gasteiger partial charge on any atom is -0.354 e. The zero-order valence-electron chi connectivity index (χ0n) is 12.7. The van der Waals surface area contributed by atoms with Crippen LogP contribution in [0.2, 0.25) is 0 Å². The van der Waals surface area contributed by atoms with Crippen LogP contribution in [-0.4, -0.2) is 24.4 Å². The van der Waals surface area contributed by atoms with Crippen LogP contribution in [-0.2, 0) is 22.2 Å². The molecule has 2 amide bonds. The third-order valence-electron chi connectivity index (χ3n) is 3.88. The Balaban J connectivity index is 1.87. The third kappa shape index (κ3) is 4.97. The van der Waals surface area contributed by atoms with Crippen molar-refractivity contribution in [3.8, 4) is 0 Å². The van der Waals surface area contributed by atoms with Gasteiger partial charge < -0.3 is 10.6 Å². The molecule has 2 rings (SSSR count). The summed E-state index contributed by atoms with van der Waals surface area (Å²) in [4.78, 5) is 23.2. The zero-order valence-corrected chi connectivity index (χ0v) is 12.7. The van der Waals surface area contributed by atoms with Crippen LogP contribution in [0.4, 0.5) is 13.2 Å². The summed E-state index contributed by atoms with van der Waals surface area (Å²) in [6, 6.07) is 4.75. The number of rotatable bonds is 4. The van der Waals surface area contributed by atoms with Crippen molar-refractivity contribution in [3.63, 3.8) is 0 Å². The number of nitrogens with one attached hydrogen (secondary N) is 2. The lowest BCUT2D eigenvalue weighted by molar-refractivity contribution is -0.137. The van der Waals surface area contributed by atoms with Gasteiger partial charge in [-0.2, -0.15) is 13.2 Å². The summed E-state index contributed by atoms with van der Waals surface area (Å²) in [5.74, 6) is -0.538. The fraction of sp³-hybridized carbons (Fsp3) is 0.500. The molecule has 1 heterocycles. The third-order valence-corrected chi connectivity index (χ3v) is 3.88. The van der Waals surface area contributed by atoms with Gasteiger partial charge in [-0.05, 0) is 30.5 Å². The van der Waals surface area contributed by atoms with Gasteiger partial charge in [0.25, 0.3) is 0 Å². The standard InChI is InChI=1S/C16H19F3N2O2/c1-10(15(23)21-13-6-7-14(22)20-9-13)8-11-2-4-12(5-3-11)16(17,18)19/h2-5,10,13H,6-9H2,1H3,(H,20,22)(H,21,23)/t10-,13-/m1/s1. The number of hydrogen-bond donors (Lipinski definition) is 2. The predicted octanol–water partition coefficient (Wildman–Crippen LogP) is 2.28. The molecule has 0 aliphatic carbocycles. The average Bonchev–Trinajstić information content (AvgIpc) is 2.49. The molecule has 7 heteroatoms. The van der Waals surface area contributed by atoms with Gasteiger partial charge in [-0.3, -0.25) is 9.59 Å². The lowest BCUT2D eigenvalue weighted by Crippen LogP contribution is -2.49. The molecule has 1 fully saturated rings. The summed E-state index contributed by atoms with van der Waals surface area (Å²) in [7, 11) is 0. The Morgan fingerprint density at radius 2 is 2.00 bits per heavy atom. The van der Waals surface area contributed by atoms with Crippen LogP contribution in [0.25, 0.3) is 0 Å². The van der Waals surface area contributed by atoms with E-state index in [1.807, 2.05) is 0 Å². The van der Waals surface area contributed by atoms with E-state index < -0.39 is 11.7 Å². The monoisotopic (exact) mass is 328 g/mol. The van der Waals surface area contributed by atoms with Crippen molar-refractivity contribution in [2.75, 3.05) is 6.54 Å². The highest BCUT2D eigenvalue weighted by Crippen LogP contribution is 2.29. The van der Waals surface area contributed by atoms with Crippen LogP contribution < -0.4 is 10.6 Å². The minimum absolute atomic E-state index is 0.0201. The number of carbonyl (C=O) groups excluding carboxylic acids is 2. The molecular formula is C16H19F3N2O2. The largest absolute Gasteiger partial charge is 0.416 e. The maximum Gasteiger partial charge on any atom is 0.416 e. The Bertz CT molecular complexity index is 560. The highest BCUT2D eigenvalue weighted by Gasteiger charge is 2.30. The van der Waals surface area contributed by atoms with Crippen molar-refractivity contribution < 1.29 is 22.8 Å². The molecule has 0 saturated carbocycles. The van der Waals surface area contributed by atoms with E-state index in [4.69, 9.17) is 0 Å². The second-order valence-electron chi connectivity index (χ2n) is 5.85. The first-order valence-electron chi connectivity index (χ1n) is 7.49. The summed E-state index contributed by atoms with van der Waals surface area (Å²) in [6.07, 6.45) is -3.00. The molecule has 0 bridgehead atoms. The van der Waals surface area contributed by atoms with Gasteiger partial charge >= 0.3 is 6.18 Å². The van der Waals surface area contributed by atoms with Crippen LogP contribution in [0, 0.1) is 5.92 Å². The van der Waals surface area contributed by atoms with E-state index >= 15 is 0 Å². The number of alkyl halides is 3. The normalized spacial score (nSPS) is 19.8. The summed E-state index contributed by atoms with van der Waals surface area (Å²) in [5, 5.41) is 5.55. The lowest BCUT2D eigenvalue weighted by Gasteiger charge is -2.25. The van der Waals surface area contributed by atoms with Crippen LogP contribution in [0.3, 0.4) is 0 Å². The number of halogens is 3. The van der Waals surface area contributed by atoms with E-state index in [0.29, 0.717) is 31.4 Å². The highest BCUT2D eigenvalue weighted by molar-refractivity contribution is 5.80. The Morgan fingerprint density at radius 3 is 2.52 bits per heavy atom. The molecule has 0 radical (unpaired) electrons. The van der Waals surface area contributed by atoms with Crippen molar-refractivity contribution >= 4 is 11.8 Å². The Morgan fingerprint density at radius 1 is 1.35 bits per heavy atom. The number of piperidine rings is 1. The van der Waals surface area contributed by atoms with Crippen LogP contribution in [0.1, 0.15) is 30.9 Å². The summed E-state index contributed by atoms with van der Waals surface area (Å²) < 4.78 is 37.5. The van der Waals surface area contributed by atoms with E-state index in [1.165, 1.54) is 12.1 Å². The van der Waals surface area contributed by atoms with Crippen molar-refractivity contribution in [3.05, 3.63) is 35.4 Å². The first-order chi connectivity index (χ1) is 10.8. The van der Waals surface area contributed by atoms with E-state index in [2.05, 4.69) is 10.6 Å². The molecule has 0 unspecified atom stereocenters. The van der Waals surface area contributed by atoms with E-state index in [9.17, 15) is 22.8 Å². The fourth-order valence-corrected chi connectivity index (χ4v) is 2.48. The second kappa shape index (κ2) is 7.02. The van der Waals surface area contributed by atoms with Crippen molar-refractivity contribution in [2.24, 2.45) is 5.92 Å². The molecular weight excluding hydrogens is 309 g/mol. The predicted molar refractivity (Wildman–Crippen MR) is 78.5 cm³/mol. The highest BCUT2D eigenvalue weighted by atomic mass is 19.4. The smallest absolute Gasteiger partial charge is 0.354 e. The van der Waals surface area contributed by atoms with Gasteiger partial charge in [0.1, 0.15) is 0 Å². The molecule has 1 aliphatic heterocycles. The quantitative estimate of drug-likeness (QED) is 0.891. The SMILES string of the molecule is C[C@H](Cc1ccc(C(F)(F)F)cc1)C(=O)N[C@@H]1CCC(=O)NC1. The molecule has 1 saturated heterocycles. The molecule has 1 aromatic rings. The van der Waals surface area contributed by atoms with Crippen LogP contribution in [0.15, 0.2) is 24.3 Å². The first-order valence-corrected chi connectivity index (χ1v) is 7.49. The minimum atomic E-state index is -4.35. The summed E-state index contributed by atoms with van der Waals surface area (Å²) in [6.45, 7) is 2.14. The summed E-state index contributed by atoms with van der Waals surface area (Å²) >= 11 is 0. The van der Waals surface area contributed by atoms with Gasteiger partial charge in [-0.15, -0.1) is 0 Å². The maximum absolute atomic E-state index is 12.5. The topological polar surface area (TPSA) is 58.2 Å². The number of hydrogen-bond acceptors (Lipinski definition) is 2. The van der Waals surface area contributed by atoms with Crippen LogP contribution >= 0.6 is 0 Å². The molecule has 1 aromatic carbocycles. The number of benzene rings is 1. The molecule has 0 spiro atoms. The molecule has 2 N–H and O–H groups in total. The fourth-order valence-electron chi connectivity index (χ4n) is 2.48. The van der Waals surface area contributed by atoms with Crippen molar-refractivity contribution in [1.82, 2.24) is 10.6 Å². The molecule has 23 heavy (non-hydrogen) atoms. The van der Waals surface area contributed by atoms with Crippen LogP contribution in [0.5, 0.6) is 0 Å². The first kappa shape index (κ1) is 17.3. The second-order valence-corrected chi connectivity index (χ2v) is 5.85. The van der Waals surface area contributed by atoms with E-state index in [-0.39, 0.29) is 23.8 Å². The molecule has 126 valence electrons. The zero-order chi connectivity index (χ0) is 17.0. The summed E-state index contributed by atoms with van der Waals surface area (Å²) in [5.41, 5.74) is -0.0195. The molecule has 4 nitrogen and oxygen atoms in total. The molecule has 2 atom stereocenters. The van der Waals surface area contributed by atoms with Gasteiger partial charge in [0.05, 0.1) is 5.56 Å². The molecule has 0 aromatic heterocycles. The van der Waals surface area contributed by atoms with Gasteiger partial charge in [0.2, 0.25) is 11.8 Å². The Hall–Kier alpha value is -2.05. The Labute approximate surface area is 132 Å². The number of amides is 2. The van der Waals surface area contributed by atoms with Gasteiger partial charge in [-0.25, -0.2) is 0 Å². The number of carbonyl (C=O) groups is 2. The Kier molecular flexibility index (Phi) is 5.28. The van der Waals surface area contributed by atoms with Gasteiger partial charge in [0, 0.05) is 24.9 Å². The maximum atomic E-state index is 12.5. The van der Waals surface area contributed by atoms with Crippen molar-refractivity contribution in [2.45, 2.75) is 38.4 Å². The van der Waals surface area contributed by atoms with E-state index in [1.54, 1.807) is 6.92 Å². The van der Waals surface area contributed by atoms with Gasteiger partial charge in [-0.1, -0.05) is 19.1 Å². The van der Waals surface area contributed by atoms with Gasteiger partial charge in [0.15, 0.2) is 0 Å². The van der Waals surface area contributed by atoms with E-state index in [0.717, 1.165) is 12.1 Å². The lowest BCUT2D eigenvalue weighted by atomic mass is 9.98.